The lowest BCUT2D eigenvalue weighted by Gasteiger charge is -2.32. The van der Waals surface area contributed by atoms with Gasteiger partial charge in [0, 0.05) is 19.2 Å². The van der Waals surface area contributed by atoms with E-state index in [1.54, 1.807) is 6.07 Å². The zero-order valence-corrected chi connectivity index (χ0v) is 11.8. The topological polar surface area (TPSA) is 67.3 Å². The summed E-state index contributed by atoms with van der Waals surface area (Å²) >= 11 is 0. The number of ether oxygens (including phenoxy) is 1. The Hall–Kier alpha value is -1.99. The molecule has 6 nitrogen and oxygen atoms in total. The molecular weight excluding hydrogens is 282 g/mol. The lowest BCUT2D eigenvalue weighted by atomic mass is 9.97. The molecule has 0 spiro atoms. The van der Waals surface area contributed by atoms with Crippen LogP contribution in [0.1, 0.15) is 12.8 Å². The molecule has 0 saturated carbocycles. The van der Waals surface area contributed by atoms with Gasteiger partial charge in [0.25, 0.3) is 6.43 Å². The Bertz CT molecular complexity index is 487. The maximum Gasteiger partial charge on any atom is 0.255 e. The zero-order valence-electron chi connectivity index (χ0n) is 11.8. The molecule has 8 heteroatoms. The van der Waals surface area contributed by atoms with E-state index in [9.17, 15) is 13.6 Å². The van der Waals surface area contributed by atoms with Gasteiger partial charge in [-0.05, 0) is 12.8 Å². The molecule has 1 aromatic heterocycles. The summed E-state index contributed by atoms with van der Waals surface area (Å²) in [5.41, 5.74) is 0. The van der Waals surface area contributed by atoms with Crippen LogP contribution in [0.2, 0.25) is 0 Å². The van der Waals surface area contributed by atoms with Crippen molar-refractivity contribution in [3.8, 4) is 5.88 Å². The number of rotatable bonds is 5. The largest absolute Gasteiger partial charge is 0.481 e. The van der Waals surface area contributed by atoms with Gasteiger partial charge in [0.05, 0.1) is 19.6 Å². The Labute approximate surface area is 121 Å². The maximum absolute atomic E-state index is 12.1. The molecule has 1 aliphatic rings. The van der Waals surface area contributed by atoms with Crippen molar-refractivity contribution < 1.29 is 18.3 Å². The molecule has 21 heavy (non-hydrogen) atoms. The van der Waals surface area contributed by atoms with Crippen molar-refractivity contribution in [3.63, 3.8) is 0 Å². The van der Waals surface area contributed by atoms with Gasteiger partial charge in [0.2, 0.25) is 11.8 Å². The highest BCUT2D eigenvalue weighted by molar-refractivity contribution is 5.79. The van der Waals surface area contributed by atoms with Gasteiger partial charge in [-0.25, -0.2) is 18.7 Å². The molecule has 1 aromatic rings. The van der Waals surface area contributed by atoms with Crippen LogP contribution in [0, 0.1) is 5.92 Å². The maximum atomic E-state index is 12.1. The Morgan fingerprint density at radius 3 is 3.10 bits per heavy atom. The van der Waals surface area contributed by atoms with Crippen LogP contribution in [-0.2, 0) is 4.79 Å². The minimum Gasteiger partial charge on any atom is -0.481 e. The van der Waals surface area contributed by atoms with Gasteiger partial charge in [-0.2, -0.15) is 0 Å². The molecule has 0 radical (unpaired) electrons. The summed E-state index contributed by atoms with van der Waals surface area (Å²) in [6.07, 6.45) is 0.362. The summed E-state index contributed by atoms with van der Waals surface area (Å²) in [4.78, 5) is 21.9. The van der Waals surface area contributed by atoms with E-state index in [1.807, 2.05) is 4.90 Å². The molecule has 2 rings (SSSR count). The fourth-order valence-corrected chi connectivity index (χ4v) is 2.34. The second-order valence-corrected chi connectivity index (χ2v) is 4.84. The molecule has 1 amide bonds. The third-order valence-corrected chi connectivity index (χ3v) is 3.38. The molecule has 1 unspecified atom stereocenters. The first-order valence-electron chi connectivity index (χ1n) is 6.77. The first-order valence-corrected chi connectivity index (χ1v) is 6.77. The van der Waals surface area contributed by atoms with Crippen molar-refractivity contribution >= 4 is 11.7 Å². The Morgan fingerprint density at radius 2 is 2.38 bits per heavy atom. The Kier molecular flexibility index (Phi) is 5.24. The number of anilines is 1. The smallest absolute Gasteiger partial charge is 0.255 e. The molecule has 2 heterocycles. The van der Waals surface area contributed by atoms with Crippen LogP contribution in [0.25, 0.3) is 0 Å². The molecule has 0 aliphatic carbocycles. The summed E-state index contributed by atoms with van der Waals surface area (Å²) in [5.74, 6) is 0.483. The number of nitrogens with one attached hydrogen (secondary N) is 1. The highest BCUT2D eigenvalue weighted by atomic mass is 19.3. The zero-order chi connectivity index (χ0) is 15.2. The van der Waals surface area contributed by atoms with E-state index in [1.165, 1.54) is 13.4 Å². The van der Waals surface area contributed by atoms with Crippen LogP contribution < -0.4 is 15.0 Å². The number of nitrogens with zero attached hydrogens (tertiary/aromatic N) is 3. The monoisotopic (exact) mass is 300 g/mol. The van der Waals surface area contributed by atoms with E-state index in [0.717, 1.165) is 13.0 Å². The number of alkyl halides is 2. The first kappa shape index (κ1) is 15.4. The van der Waals surface area contributed by atoms with Gasteiger partial charge >= 0.3 is 0 Å². The fraction of sp³-hybridized carbons (Fsp3) is 0.615. The van der Waals surface area contributed by atoms with E-state index >= 15 is 0 Å². The van der Waals surface area contributed by atoms with Gasteiger partial charge in [0.15, 0.2) is 0 Å². The number of hydrogen-bond donors (Lipinski definition) is 1. The van der Waals surface area contributed by atoms with Gasteiger partial charge in [-0.3, -0.25) is 4.79 Å². The number of halogens is 2. The summed E-state index contributed by atoms with van der Waals surface area (Å²) in [7, 11) is 1.52. The molecule has 1 N–H and O–H groups in total. The van der Waals surface area contributed by atoms with E-state index in [2.05, 4.69) is 15.3 Å². The second-order valence-electron chi connectivity index (χ2n) is 4.84. The minimum absolute atomic E-state index is 0.307. The molecule has 1 fully saturated rings. The predicted octanol–water partition coefficient (Wildman–Crippen LogP) is 1.08. The van der Waals surface area contributed by atoms with Gasteiger partial charge in [-0.15, -0.1) is 0 Å². The highest BCUT2D eigenvalue weighted by Gasteiger charge is 2.27. The predicted molar refractivity (Wildman–Crippen MR) is 72.5 cm³/mol. The van der Waals surface area contributed by atoms with Crippen molar-refractivity contribution in [2.24, 2.45) is 5.92 Å². The molecule has 0 bridgehead atoms. The number of hydrogen-bond acceptors (Lipinski definition) is 5. The molecule has 116 valence electrons. The van der Waals surface area contributed by atoms with Gasteiger partial charge in [-0.1, -0.05) is 0 Å². The van der Waals surface area contributed by atoms with Crippen LogP contribution in [0.4, 0.5) is 14.6 Å². The molecule has 1 atom stereocenters. The first-order chi connectivity index (χ1) is 10.1. The third-order valence-electron chi connectivity index (χ3n) is 3.38. The van der Waals surface area contributed by atoms with Crippen LogP contribution in [-0.4, -0.2) is 49.0 Å². The van der Waals surface area contributed by atoms with Crippen molar-refractivity contribution in [1.82, 2.24) is 15.3 Å². The van der Waals surface area contributed by atoms with E-state index in [0.29, 0.717) is 24.7 Å². The van der Waals surface area contributed by atoms with E-state index in [-0.39, 0.29) is 11.8 Å². The van der Waals surface area contributed by atoms with E-state index < -0.39 is 13.0 Å². The number of carbonyl (C=O) groups excluding carboxylic acids is 1. The van der Waals surface area contributed by atoms with E-state index in [4.69, 9.17) is 4.74 Å². The number of carbonyl (C=O) groups is 1. The number of aromatic nitrogens is 2. The fourth-order valence-electron chi connectivity index (χ4n) is 2.34. The number of methoxy groups -OCH3 is 1. The number of piperidine rings is 1. The Balaban J connectivity index is 1.98. The Morgan fingerprint density at radius 1 is 1.57 bits per heavy atom. The van der Waals surface area contributed by atoms with Gasteiger partial charge in [0.1, 0.15) is 12.1 Å². The van der Waals surface area contributed by atoms with Crippen LogP contribution in [0.5, 0.6) is 5.88 Å². The summed E-state index contributed by atoms with van der Waals surface area (Å²) < 4.78 is 29.3. The lowest BCUT2D eigenvalue weighted by Crippen LogP contribution is -2.44. The lowest BCUT2D eigenvalue weighted by molar-refractivity contribution is -0.125. The number of amides is 1. The van der Waals surface area contributed by atoms with Gasteiger partial charge < -0.3 is 15.0 Å². The van der Waals surface area contributed by atoms with Crippen molar-refractivity contribution in [2.45, 2.75) is 19.3 Å². The molecule has 1 aliphatic heterocycles. The standard InChI is InChI=1S/C13H18F2N4O2/c1-21-12-5-11(17-8-18-12)19-4-2-3-9(7-19)13(20)16-6-10(14)15/h5,8-10H,2-4,6-7H2,1H3,(H,16,20). The normalized spacial score (nSPS) is 18.7. The van der Waals surface area contributed by atoms with Crippen molar-refractivity contribution in [2.75, 3.05) is 31.6 Å². The van der Waals surface area contributed by atoms with Crippen LogP contribution in [0.3, 0.4) is 0 Å². The second kappa shape index (κ2) is 7.14. The average Bonchev–Trinajstić information content (AvgIpc) is 2.52. The summed E-state index contributed by atoms with van der Waals surface area (Å²) in [5, 5.41) is 2.27. The molecule has 0 aromatic carbocycles. The van der Waals surface area contributed by atoms with Crippen LogP contribution in [0.15, 0.2) is 12.4 Å². The summed E-state index contributed by atoms with van der Waals surface area (Å²) in [6, 6.07) is 1.69. The van der Waals surface area contributed by atoms with Crippen molar-refractivity contribution in [3.05, 3.63) is 12.4 Å². The quantitative estimate of drug-likeness (QED) is 0.881. The van der Waals surface area contributed by atoms with Crippen LogP contribution >= 0.6 is 0 Å². The summed E-state index contributed by atoms with van der Waals surface area (Å²) in [6.45, 7) is 0.616. The van der Waals surface area contributed by atoms with Crippen molar-refractivity contribution in [1.29, 1.82) is 0 Å². The average molecular weight is 300 g/mol. The molecule has 1 saturated heterocycles. The third kappa shape index (κ3) is 4.24. The highest BCUT2D eigenvalue weighted by Crippen LogP contribution is 2.23. The SMILES string of the molecule is COc1cc(N2CCCC(C(=O)NCC(F)F)C2)ncn1. The molecular formula is C13H18F2N4O2. The minimum atomic E-state index is -2.53.